The summed E-state index contributed by atoms with van der Waals surface area (Å²) in [4.78, 5) is 62.8. The smallest absolute Gasteiger partial charge is 0.257 e. The van der Waals surface area contributed by atoms with Crippen LogP contribution in [-0.4, -0.2) is 110 Å². The Labute approximate surface area is 344 Å². The number of pyridine rings is 2. The molecule has 4 aliphatic heterocycles. The van der Waals surface area contributed by atoms with Crippen LogP contribution in [0.4, 0.5) is 20.2 Å². The molecule has 14 nitrogen and oxygen atoms in total. The molecule has 2 saturated heterocycles. The average molecular weight is 823 g/mol. The molecule has 0 saturated carbocycles. The quantitative estimate of drug-likeness (QED) is 0.238. The van der Waals surface area contributed by atoms with Gasteiger partial charge in [-0.05, 0) is 51.2 Å². The van der Waals surface area contributed by atoms with E-state index in [1.165, 1.54) is 12.1 Å². The lowest BCUT2D eigenvalue weighted by Crippen LogP contribution is -2.45. The monoisotopic (exact) mass is 822 g/mol. The van der Waals surface area contributed by atoms with Crippen LogP contribution in [0.2, 0.25) is 0 Å². The Morgan fingerprint density at radius 2 is 1.00 bits per heavy atom. The molecule has 4 aliphatic rings. The van der Waals surface area contributed by atoms with Gasteiger partial charge in [0.15, 0.2) is 23.1 Å². The number of halogens is 2. The number of amides is 2. The second-order valence-corrected chi connectivity index (χ2v) is 16.5. The molecule has 314 valence electrons. The molecule has 2 fully saturated rings. The molecular formula is C44H48F2N8O6. The van der Waals surface area contributed by atoms with Gasteiger partial charge in [-0.15, -0.1) is 0 Å². The Hall–Kier alpha value is -6.00. The van der Waals surface area contributed by atoms with E-state index in [-0.39, 0.29) is 60.3 Å². The van der Waals surface area contributed by atoms with Gasteiger partial charge in [0.25, 0.3) is 11.8 Å². The van der Waals surface area contributed by atoms with Gasteiger partial charge < -0.3 is 48.8 Å². The maximum atomic E-state index is 15.8. The van der Waals surface area contributed by atoms with Crippen LogP contribution < -0.4 is 40.8 Å². The summed E-state index contributed by atoms with van der Waals surface area (Å²) in [5.41, 5.74) is 1.80. The van der Waals surface area contributed by atoms with E-state index in [4.69, 9.17) is 9.47 Å². The lowest BCUT2D eigenvalue weighted by atomic mass is 10.0. The van der Waals surface area contributed by atoms with Crippen LogP contribution in [0.3, 0.4) is 0 Å². The molecule has 0 bridgehead atoms. The van der Waals surface area contributed by atoms with E-state index in [2.05, 4.69) is 20.4 Å². The van der Waals surface area contributed by atoms with E-state index >= 15 is 8.78 Å². The summed E-state index contributed by atoms with van der Waals surface area (Å²) in [5, 5.41) is 5.83. The number of rotatable bonds is 8. The molecule has 0 spiro atoms. The van der Waals surface area contributed by atoms with Gasteiger partial charge in [-0.1, -0.05) is 24.3 Å². The number of hydrogen-bond donors (Lipinski definition) is 2. The van der Waals surface area contributed by atoms with Crippen molar-refractivity contribution in [2.75, 3.05) is 89.5 Å². The number of carbonyl (C=O) groups excluding carboxylic acids is 2. The predicted molar refractivity (Wildman–Crippen MR) is 225 cm³/mol. The largest absolute Gasteiger partial charge is 0.487 e. The lowest BCUT2D eigenvalue weighted by molar-refractivity contribution is 0.0940. The van der Waals surface area contributed by atoms with Crippen LogP contribution in [-0.2, 0) is 13.1 Å². The van der Waals surface area contributed by atoms with Gasteiger partial charge in [-0.2, -0.15) is 0 Å². The van der Waals surface area contributed by atoms with Crippen LogP contribution in [0.15, 0.2) is 58.4 Å². The molecule has 9 rings (SSSR count). The number of hydrogen-bond acceptors (Lipinski definition) is 10. The number of anilines is 2. The van der Waals surface area contributed by atoms with Crippen LogP contribution in [0.1, 0.15) is 57.8 Å². The molecule has 2 unspecified atom stereocenters. The van der Waals surface area contributed by atoms with Gasteiger partial charge in [0, 0.05) is 77.8 Å². The van der Waals surface area contributed by atoms with Crippen molar-refractivity contribution in [2.24, 2.45) is 0 Å². The van der Waals surface area contributed by atoms with Gasteiger partial charge in [-0.25, -0.2) is 8.78 Å². The molecule has 16 heteroatoms. The van der Waals surface area contributed by atoms with Crippen molar-refractivity contribution in [3.05, 3.63) is 103 Å². The number of likely N-dealkylation sites (N-methyl/N-ethyl adjacent to an activating group) is 2. The van der Waals surface area contributed by atoms with Crippen LogP contribution in [0.5, 0.6) is 11.5 Å². The second-order valence-electron chi connectivity index (χ2n) is 16.5. The highest BCUT2D eigenvalue weighted by molar-refractivity contribution is 6.01. The number of piperazine rings is 2. The summed E-state index contributed by atoms with van der Waals surface area (Å²) < 4.78 is 47.4. The van der Waals surface area contributed by atoms with Crippen molar-refractivity contribution in [3.8, 4) is 11.5 Å². The standard InChI is InChI=1S/C44H48F2N8O6/c1-25-23-59-41-35-29(17-33(45)37(41)51-13-9-49(3)10-14-51)39(55)31(21-53(25)35)43(57)47-19-27-5-7-28(8-6-27)20-48-44(58)32-22-54-26(2)24-60-42-36(54)30(40(32)56)18-34(46)38(42)52-15-11-50(4)12-16-52/h5-8,17-18,21-22,25-26H,9-16,19-20,23-24H2,1-4H3,(H,47,57)(H,48,58). The first-order valence-corrected chi connectivity index (χ1v) is 20.5. The van der Waals surface area contributed by atoms with Gasteiger partial charge in [0.1, 0.15) is 35.7 Å². The zero-order valence-corrected chi connectivity index (χ0v) is 34.1. The third kappa shape index (κ3) is 6.90. The van der Waals surface area contributed by atoms with E-state index < -0.39 is 34.3 Å². The molecule has 2 atom stereocenters. The van der Waals surface area contributed by atoms with Crippen molar-refractivity contribution in [3.63, 3.8) is 0 Å². The van der Waals surface area contributed by atoms with E-state index in [0.29, 0.717) is 60.1 Å². The Balaban J connectivity index is 0.888. The maximum Gasteiger partial charge on any atom is 0.257 e. The zero-order chi connectivity index (χ0) is 42.0. The van der Waals surface area contributed by atoms with Crippen LogP contribution in [0, 0.1) is 11.6 Å². The minimum absolute atomic E-state index is 0.0904. The normalized spacial score (nSPS) is 19.3. The Morgan fingerprint density at radius 3 is 1.37 bits per heavy atom. The fraction of sp³-hybridized carbons (Fsp3) is 0.409. The highest BCUT2D eigenvalue weighted by atomic mass is 19.1. The van der Waals surface area contributed by atoms with E-state index in [1.807, 2.05) is 46.9 Å². The second kappa shape index (κ2) is 15.6. The first-order chi connectivity index (χ1) is 28.9. The SMILES string of the molecule is CC1COc2c(N3CCN(C)CC3)c(F)cc3c(=O)c(C(=O)NCc4ccc(CNC(=O)c5cn6c7c(c(N8CCN(C)CC8)c(F)cc7c5=O)OCC6C)cc4)cn1c23. The Kier molecular flexibility index (Phi) is 10.2. The molecule has 2 aromatic heterocycles. The van der Waals surface area contributed by atoms with Crippen molar-refractivity contribution in [1.82, 2.24) is 29.6 Å². The topological polar surface area (TPSA) is 134 Å². The molecule has 2 amide bonds. The summed E-state index contributed by atoms with van der Waals surface area (Å²) in [6.07, 6.45) is 3.08. The summed E-state index contributed by atoms with van der Waals surface area (Å²) in [6, 6.07) is 9.21. The summed E-state index contributed by atoms with van der Waals surface area (Å²) in [5.74, 6) is -1.63. The number of nitrogens with one attached hydrogen (secondary N) is 2. The number of ether oxygens (including phenoxy) is 2. The van der Waals surface area contributed by atoms with Crippen LogP contribution in [0.25, 0.3) is 21.8 Å². The van der Waals surface area contributed by atoms with E-state index in [1.54, 1.807) is 36.7 Å². The molecule has 0 radical (unpaired) electrons. The van der Waals surface area contributed by atoms with Gasteiger partial charge in [0.2, 0.25) is 10.9 Å². The molecule has 6 heterocycles. The zero-order valence-electron chi connectivity index (χ0n) is 34.1. The number of nitrogens with zero attached hydrogens (tertiary/aromatic N) is 6. The predicted octanol–water partition coefficient (Wildman–Crippen LogP) is 3.87. The number of carbonyl (C=O) groups is 2. The third-order valence-electron chi connectivity index (χ3n) is 12.3. The highest BCUT2D eigenvalue weighted by Crippen LogP contribution is 2.43. The Morgan fingerprint density at radius 1 is 0.633 bits per heavy atom. The molecule has 60 heavy (non-hydrogen) atoms. The first-order valence-electron chi connectivity index (χ1n) is 20.5. The number of benzene rings is 3. The fourth-order valence-corrected chi connectivity index (χ4v) is 8.73. The highest BCUT2D eigenvalue weighted by Gasteiger charge is 2.33. The maximum absolute atomic E-state index is 15.8. The lowest BCUT2D eigenvalue weighted by Gasteiger charge is -2.37. The molecule has 3 aromatic carbocycles. The van der Waals surface area contributed by atoms with Gasteiger partial charge >= 0.3 is 0 Å². The minimum Gasteiger partial charge on any atom is -0.487 e. The fourth-order valence-electron chi connectivity index (χ4n) is 8.73. The van der Waals surface area contributed by atoms with Gasteiger partial charge in [-0.3, -0.25) is 19.2 Å². The first kappa shape index (κ1) is 39.5. The van der Waals surface area contributed by atoms with Crippen molar-refractivity contribution < 1.29 is 27.8 Å². The van der Waals surface area contributed by atoms with Crippen molar-refractivity contribution >= 4 is 45.0 Å². The molecular weight excluding hydrogens is 775 g/mol. The third-order valence-corrected chi connectivity index (χ3v) is 12.3. The summed E-state index contributed by atoms with van der Waals surface area (Å²) >= 11 is 0. The van der Waals surface area contributed by atoms with E-state index in [0.717, 1.165) is 37.3 Å². The van der Waals surface area contributed by atoms with Crippen LogP contribution >= 0.6 is 0 Å². The molecule has 0 aliphatic carbocycles. The summed E-state index contributed by atoms with van der Waals surface area (Å²) in [6.45, 7) is 10.2. The minimum atomic E-state index is -0.588. The number of aromatic nitrogens is 2. The molecule has 2 N–H and O–H groups in total. The summed E-state index contributed by atoms with van der Waals surface area (Å²) in [7, 11) is 4.04. The van der Waals surface area contributed by atoms with E-state index in [9.17, 15) is 19.2 Å². The van der Waals surface area contributed by atoms with Crippen molar-refractivity contribution in [2.45, 2.75) is 39.0 Å². The Bertz CT molecular complexity index is 2490. The average Bonchev–Trinajstić information content (AvgIpc) is 3.24. The molecule has 5 aromatic rings. The van der Waals surface area contributed by atoms with Crippen molar-refractivity contribution in [1.29, 1.82) is 0 Å². The van der Waals surface area contributed by atoms with Gasteiger partial charge in [0.05, 0.1) is 33.9 Å².